The van der Waals surface area contributed by atoms with Crippen molar-refractivity contribution in [1.29, 1.82) is 0 Å². The molecule has 2 rings (SSSR count). The van der Waals surface area contributed by atoms with Crippen molar-refractivity contribution in [3.63, 3.8) is 0 Å². The van der Waals surface area contributed by atoms with Gasteiger partial charge in [0.1, 0.15) is 18.3 Å². The molecule has 1 N–H and O–H groups in total. The van der Waals surface area contributed by atoms with Crippen LogP contribution in [0.2, 0.25) is 5.02 Å². The zero-order valence-electron chi connectivity index (χ0n) is 20.1. The molecule has 0 spiro atoms. The van der Waals surface area contributed by atoms with Crippen LogP contribution in [0.25, 0.3) is 0 Å². The van der Waals surface area contributed by atoms with E-state index >= 15 is 0 Å². The first-order chi connectivity index (χ1) is 15.9. The van der Waals surface area contributed by atoms with Gasteiger partial charge in [-0.25, -0.2) is 8.42 Å². The molecule has 0 bridgehead atoms. The SMILES string of the molecule is CCOc1ccc(N(CC(=O)N(Cc2ccccc2Cl)[C@@H](C)C(=O)NC(C)C)S(C)(=O)=O)cc1. The number of hydrogen-bond acceptors (Lipinski definition) is 5. The Morgan fingerprint density at radius 3 is 2.21 bits per heavy atom. The standard InChI is InChI=1S/C24H32ClN3O5S/c1-6-33-21-13-11-20(12-14-21)28(34(5,31)32)16-23(29)27(18(4)24(30)26-17(2)3)15-19-9-7-8-10-22(19)25/h7-14,17-18H,6,15-16H2,1-5H3,(H,26,30)/t18-/m0/s1. The third-order valence-electron chi connectivity index (χ3n) is 5.01. The molecule has 0 saturated carbocycles. The van der Waals surface area contributed by atoms with E-state index in [1.807, 2.05) is 20.8 Å². The van der Waals surface area contributed by atoms with E-state index in [1.165, 1.54) is 4.90 Å². The van der Waals surface area contributed by atoms with Crippen molar-refractivity contribution < 1.29 is 22.7 Å². The van der Waals surface area contributed by atoms with E-state index in [0.717, 1.165) is 10.6 Å². The number of hydrogen-bond donors (Lipinski definition) is 1. The fourth-order valence-corrected chi connectivity index (χ4v) is 4.33. The second-order valence-electron chi connectivity index (χ2n) is 8.15. The third-order valence-corrected chi connectivity index (χ3v) is 6.52. The quantitative estimate of drug-likeness (QED) is 0.500. The molecular weight excluding hydrogens is 478 g/mol. The van der Waals surface area contributed by atoms with Crippen LogP contribution in [0.15, 0.2) is 48.5 Å². The molecule has 2 aromatic rings. The van der Waals surface area contributed by atoms with E-state index in [4.69, 9.17) is 16.3 Å². The number of benzene rings is 2. The van der Waals surface area contributed by atoms with Gasteiger partial charge in [-0.3, -0.25) is 13.9 Å². The highest BCUT2D eigenvalue weighted by Crippen LogP contribution is 2.23. The molecule has 0 aliphatic rings. The number of carbonyl (C=O) groups is 2. The normalized spacial score (nSPS) is 12.2. The topological polar surface area (TPSA) is 96.0 Å². The Hall–Kier alpha value is -2.78. The van der Waals surface area contributed by atoms with Crippen molar-refractivity contribution in [3.05, 3.63) is 59.1 Å². The molecule has 0 fully saturated rings. The van der Waals surface area contributed by atoms with Gasteiger partial charge in [0, 0.05) is 17.6 Å². The molecule has 0 saturated heterocycles. The first-order valence-electron chi connectivity index (χ1n) is 11.0. The van der Waals surface area contributed by atoms with Crippen molar-refractivity contribution >= 4 is 39.1 Å². The molecule has 0 aromatic heterocycles. The average molecular weight is 510 g/mol. The van der Waals surface area contributed by atoms with Gasteiger partial charge in [-0.15, -0.1) is 0 Å². The van der Waals surface area contributed by atoms with Gasteiger partial charge in [-0.05, 0) is 63.6 Å². The highest BCUT2D eigenvalue weighted by atomic mass is 35.5. The lowest BCUT2D eigenvalue weighted by atomic mass is 10.1. The van der Waals surface area contributed by atoms with Crippen molar-refractivity contribution in [2.24, 2.45) is 0 Å². The van der Waals surface area contributed by atoms with Crippen LogP contribution in [0.5, 0.6) is 5.75 Å². The van der Waals surface area contributed by atoms with Crippen molar-refractivity contribution in [2.45, 2.75) is 46.3 Å². The fraction of sp³-hybridized carbons (Fsp3) is 0.417. The third kappa shape index (κ3) is 7.63. The van der Waals surface area contributed by atoms with Crippen LogP contribution in [-0.2, 0) is 26.2 Å². The Morgan fingerprint density at radius 1 is 1.06 bits per heavy atom. The molecule has 186 valence electrons. The highest BCUT2D eigenvalue weighted by molar-refractivity contribution is 7.92. The number of halogens is 1. The number of nitrogens with one attached hydrogen (secondary N) is 1. The zero-order valence-corrected chi connectivity index (χ0v) is 21.7. The van der Waals surface area contributed by atoms with Crippen LogP contribution >= 0.6 is 11.6 Å². The van der Waals surface area contributed by atoms with Crippen LogP contribution < -0.4 is 14.4 Å². The van der Waals surface area contributed by atoms with E-state index in [1.54, 1.807) is 55.5 Å². The second-order valence-corrected chi connectivity index (χ2v) is 10.5. The Labute approximate surface area is 206 Å². The van der Waals surface area contributed by atoms with Gasteiger partial charge in [0.05, 0.1) is 18.6 Å². The average Bonchev–Trinajstić information content (AvgIpc) is 2.76. The maximum Gasteiger partial charge on any atom is 0.244 e. The number of anilines is 1. The van der Waals surface area contributed by atoms with Crippen LogP contribution in [0.3, 0.4) is 0 Å². The van der Waals surface area contributed by atoms with Gasteiger partial charge in [0.25, 0.3) is 0 Å². The molecule has 8 nitrogen and oxygen atoms in total. The lowest BCUT2D eigenvalue weighted by molar-refractivity contribution is -0.139. The van der Waals surface area contributed by atoms with Gasteiger partial charge in [0.2, 0.25) is 21.8 Å². The molecule has 0 aliphatic carbocycles. The molecule has 2 amide bonds. The van der Waals surface area contributed by atoms with Crippen LogP contribution in [-0.4, -0.2) is 56.6 Å². The number of ether oxygens (including phenoxy) is 1. The van der Waals surface area contributed by atoms with Crippen LogP contribution in [0.4, 0.5) is 5.69 Å². The highest BCUT2D eigenvalue weighted by Gasteiger charge is 2.30. The largest absolute Gasteiger partial charge is 0.494 e. The van der Waals surface area contributed by atoms with Crippen molar-refractivity contribution in [3.8, 4) is 5.75 Å². The summed E-state index contributed by atoms with van der Waals surface area (Å²) < 4.78 is 31.6. The maximum atomic E-state index is 13.5. The van der Waals surface area contributed by atoms with Crippen molar-refractivity contribution in [2.75, 3.05) is 23.7 Å². The number of rotatable bonds is 11. The smallest absolute Gasteiger partial charge is 0.244 e. The van der Waals surface area contributed by atoms with E-state index < -0.39 is 28.5 Å². The Bertz CT molecular complexity index is 1090. The summed E-state index contributed by atoms with van der Waals surface area (Å²) in [5, 5.41) is 3.25. The first-order valence-corrected chi connectivity index (χ1v) is 13.2. The number of nitrogens with zero attached hydrogens (tertiary/aromatic N) is 2. The lowest BCUT2D eigenvalue weighted by Crippen LogP contribution is -2.52. The van der Waals surface area contributed by atoms with E-state index in [0.29, 0.717) is 28.6 Å². The van der Waals surface area contributed by atoms with Crippen LogP contribution in [0, 0.1) is 0 Å². The Morgan fingerprint density at radius 2 is 1.68 bits per heavy atom. The summed E-state index contributed by atoms with van der Waals surface area (Å²) >= 11 is 6.30. The molecule has 2 aromatic carbocycles. The predicted molar refractivity (Wildman–Crippen MR) is 135 cm³/mol. The van der Waals surface area contributed by atoms with Gasteiger partial charge in [-0.2, -0.15) is 0 Å². The summed E-state index contributed by atoms with van der Waals surface area (Å²) in [5.74, 6) is -0.293. The summed E-state index contributed by atoms with van der Waals surface area (Å²) in [7, 11) is -3.80. The van der Waals surface area contributed by atoms with Gasteiger partial charge >= 0.3 is 0 Å². The monoisotopic (exact) mass is 509 g/mol. The fourth-order valence-electron chi connectivity index (χ4n) is 3.29. The molecule has 0 radical (unpaired) electrons. The minimum atomic E-state index is -3.80. The van der Waals surface area contributed by atoms with Gasteiger partial charge < -0.3 is 15.0 Å². The Kier molecular flexibility index (Phi) is 9.76. The van der Waals surface area contributed by atoms with Gasteiger partial charge in [0.15, 0.2) is 0 Å². The molecule has 1 atom stereocenters. The molecule has 0 unspecified atom stereocenters. The lowest BCUT2D eigenvalue weighted by Gasteiger charge is -2.32. The first kappa shape index (κ1) is 27.5. The second kappa shape index (κ2) is 12.1. The number of sulfonamides is 1. The summed E-state index contributed by atoms with van der Waals surface area (Å²) in [6.45, 7) is 7.14. The molecule has 0 heterocycles. The minimum absolute atomic E-state index is 0.0477. The maximum absolute atomic E-state index is 13.5. The molecule has 10 heteroatoms. The molecule has 0 aliphatic heterocycles. The summed E-state index contributed by atoms with van der Waals surface area (Å²) in [4.78, 5) is 27.5. The van der Waals surface area contributed by atoms with E-state index in [-0.39, 0.29) is 18.5 Å². The number of amides is 2. The summed E-state index contributed by atoms with van der Waals surface area (Å²) in [5.41, 5.74) is 0.963. The molecule has 34 heavy (non-hydrogen) atoms. The van der Waals surface area contributed by atoms with Crippen LogP contribution in [0.1, 0.15) is 33.3 Å². The summed E-state index contributed by atoms with van der Waals surface area (Å²) in [6.07, 6.45) is 1.03. The number of carbonyl (C=O) groups excluding carboxylic acids is 2. The predicted octanol–water partition coefficient (Wildman–Crippen LogP) is 3.45. The minimum Gasteiger partial charge on any atom is -0.494 e. The van der Waals surface area contributed by atoms with Crippen molar-refractivity contribution in [1.82, 2.24) is 10.2 Å². The van der Waals surface area contributed by atoms with E-state index in [9.17, 15) is 18.0 Å². The van der Waals surface area contributed by atoms with E-state index in [2.05, 4.69) is 5.32 Å². The summed E-state index contributed by atoms with van der Waals surface area (Å²) in [6, 6.07) is 12.5. The van der Waals surface area contributed by atoms with Gasteiger partial charge in [-0.1, -0.05) is 29.8 Å². The Balaban J connectivity index is 2.38. The zero-order chi connectivity index (χ0) is 25.5. The molecular formula is C24H32ClN3O5S.